The molecule has 0 bridgehead atoms. The molecular weight excluding hydrogens is 837 g/mol. The lowest BCUT2D eigenvalue weighted by molar-refractivity contribution is -0.181. The van der Waals surface area contributed by atoms with Crippen molar-refractivity contribution in [3.05, 3.63) is 75.0 Å². The Kier molecular flexibility index (Phi) is 14.3. The van der Waals surface area contributed by atoms with E-state index >= 15 is 0 Å². The van der Waals surface area contributed by atoms with Crippen LogP contribution >= 0.6 is 11.3 Å². The summed E-state index contributed by atoms with van der Waals surface area (Å²) in [6.07, 6.45) is 1.59. The van der Waals surface area contributed by atoms with Gasteiger partial charge in [0.25, 0.3) is 0 Å². The van der Waals surface area contributed by atoms with Gasteiger partial charge in [0, 0.05) is 41.3 Å². The average molecular weight is 899 g/mol. The summed E-state index contributed by atoms with van der Waals surface area (Å²) in [4.78, 5) is 28.4. The number of carboxylic acids is 1. The van der Waals surface area contributed by atoms with Crippen LogP contribution in [0.3, 0.4) is 0 Å². The minimum atomic E-state index is -4.05. The molecule has 2 aromatic carbocycles. The first-order valence-electron chi connectivity index (χ1n) is 21.7. The van der Waals surface area contributed by atoms with Crippen LogP contribution in [0.2, 0.25) is 0 Å². The molecule has 1 aliphatic carbocycles. The molecule has 4 heterocycles. The lowest BCUT2D eigenvalue weighted by atomic mass is 9.75. The highest BCUT2D eigenvalue weighted by molar-refractivity contribution is 7.89. The lowest BCUT2D eigenvalue weighted by Gasteiger charge is -2.32. The van der Waals surface area contributed by atoms with Crippen LogP contribution in [0.25, 0.3) is 0 Å². The molecule has 7 atom stereocenters. The molecule has 3 N–H and O–H groups in total. The third-order valence-electron chi connectivity index (χ3n) is 12.8. The maximum absolute atomic E-state index is 14.0. The van der Waals surface area contributed by atoms with Crippen molar-refractivity contribution in [3.8, 4) is 11.5 Å². The van der Waals surface area contributed by atoms with Crippen LogP contribution in [-0.2, 0) is 48.2 Å². The van der Waals surface area contributed by atoms with Crippen LogP contribution in [0, 0.1) is 23.2 Å². The van der Waals surface area contributed by atoms with Crippen molar-refractivity contribution in [2.45, 2.75) is 108 Å². The number of nitrogens with one attached hydrogen (secondary N) is 1. The molecule has 3 fully saturated rings. The molecule has 340 valence electrons. The highest BCUT2D eigenvalue weighted by atomic mass is 32.2. The van der Waals surface area contributed by atoms with Gasteiger partial charge in [-0.15, -0.1) is 11.3 Å². The third kappa shape index (κ3) is 10.4. The van der Waals surface area contributed by atoms with Gasteiger partial charge in [-0.3, -0.25) is 0 Å². The second-order valence-corrected chi connectivity index (χ2v) is 21.6. The molecular formula is C46H62N2O12S2. The van der Waals surface area contributed by atoms with Gasteiger partial charge in [-0.25, -0.2) is 18.0 Å². The Morgan fingerprint density at radius 2 is 1.71 bits per heavy atom. The molecule has 0 radical (unpaired) electrons. The molecule has 0 spiro atoms. The van der Waals surface area contributed by atoms with E-state index in [9.17, 15) is 28.2 Å². The first kappa shape index (κ1) is 46.2. The summed E-state index contributed by atoms with van der Waals surface area (Å²) >= 11 is 1.65. The number of fused-ring (bicyclic) bond motifs is 2. The number of methoxy groups -OCH3 is 1. The van der Waals surface area contributed by atoms with Crippen molar-refractivity contribution in [1.29, 1.82) is 0 Å². The highest BCUT2D eigenvalue weighted by Crippen LogP contribution is 2.47. The Morgan fingerprint density at radius 3 is 2.40 bits per heavy atom. The van der Waals surface area contributed by atoms with Gasteiger partial charge in [-0.05, 0) is 104 Å². The van der Waals surface area contributed by atoms with Gasteiger partial charge in [0.15, 0.2) is 5.79 Å². The van der Waals surface area contributed by atoms with E-state index in [1.54, 1.807) is 23.5 Å². The van der Waals surface area contributed by atoms with Gasteiger partial charge in [0.2, 0.25) is 10.0 Å². The number of carbonyl (C=O) groups is 2. The predicted molar refractivity (Wildman–Crippen MR) is 233 cm³/mol. The lowest BCUT2D eigenvalue weighted by Crippen LogP contribution is -2.51. The zero-order chi connectivity index (χ0) is 44.4. The van der Waals surface area contributed by atoms with Crippen LogP contribution in [0.15, 0.2) is 53.4 Å². The van der Waals surface area contributed by atoms with Crippen molar-refractivity contribution in [3.63, 3.8) is 0 Å². The Labute approximate surface area is 369 Å². The van der Waals surface area contributed by atoms with Gasteiger partial charge in [-0.2, -0.15) is 4.31 Å². The molecule has 62 heavy (non-hydrogen) atoms. The predicted octanol–water partition coefficient (Wildman–Crippen LogP) is 6.67. The fourth-order valence-corrected chi connectivity index (χ4v) is 12.5. The van der Waals surface area contributed by atoms with E-state index in [-0.39, 0.29) is 60.1 Å². The van der Waals surface area contributed by atoms with E-state index in [0.29, 0.717) is 56.3 Å². The number of alkyl carbamates (subject to hydrolysis) is 1. The molecule has 0 saturated carbocycles. The highest BCUT2D eigenvalue weighted by Gasteiger charge is 2.53. The second-order valence-electron chi connectivity index (χ2n) is 18.5. The summed E-state index contributed by atoms with van der Waals surface area (Å²) in [5.41, 5.74) is 2.28. The molecule has 3 aliphatic heterocycles. The van der Waals surface area contributed by atoms with E-state index in [1.165, 1.54) is 28.4 Å². The summed E-state index contributed by atoms with van der Waals surface area (Å²) in [5.74, 6) is -0.841. The smallest absolute Gasteiger partial charge is 0.407 e. The number of carbonyl (C=O) groups excluding carboxylic acids is 1. The number of thiophene rings is 1. The van der Waals surface area contributed by atoms with Crippen LogP contribution in [0.5, 0.6) is 11.5 Å². The Hall–Kier alpha value is -3.77. The number of ether oxygens (including phenoxy) is 6. The zero-order valence-electron chi connectivity index (χ0n) is 36.6. The summed E-state index contributed by atoms with van der Waals surface area (Å²) in [5, 5.41) is 25.1. The first-order valence-corrected chi connectivity index (χ1v) is 24.0. The number of hydrogen-bond donors (Lipinski definition) is 3. The molecule has 14 nitrogen and oxygen atoms in total. The maximum Gasteiger partial charge on any atom is 0.407 e. The molecule has 3 saturated heterocycles. The van der Waals surface area contributed by atoms with Crippen molar-refractivity contribution >= 4 is 33.4 Å². The Morgan fingerprint density at radius 1 is 0.984 bits per heavy atom. The zero-order valence-corrected chi connectivity index (χ0v) is 38.2. The van der Waals surface area contributed by atoms with E-state index in [4.69, 9.17) is 28.4 Å². The van der Waals surface area contributed by atoms with E-state index in [2.05, 4.69) is 19.2 Å². The fraction of sp³-hybridized carbons (Fsp3) is 0.609. The number of aliphatic hydroxyl groups is 1. The molecule has 1 amide bonds. The number of hydrogen-bond acceptors (Lipinski definition) is 12. The van der Waals surface area contributed by atoms with Crippen molar-refractivity contribution < 1.29 is 56.6 Å². The molecule has 16 heteroatoms. The summed E-state index contributed by atoms with van der Waals surface area (Å²) < 4.78 is 64.2. The number of aliphatic hydroxyl groups excluding tert-OH is 1. The Balaban J connectivity index is 1.06. The van der Waals surface area contributed by atoms with Crippen LogP contribution in [0.1, 0.15) is 91.0 Å². The Bertz CT molecular complexity index is 2140. The molecule has 4 aliphatic rings. The van der Waals surface area contributed by atoms with Gasteiger partial charge >= 0.3 is 12.1 Å². The number of aryl methyl sites for hydroxylation is 1. The number of carboxylic acid groups (broad SMARTS) is 1. The molecule has 7 rings (SSSR count). The monoisotopic (exact) mass is 898 g/mol. The second kappa shape index (κ2) is 19.1. The van der Waals surface area contributed by atoms with Crippen molar-refractivity contribution in [2.24, 2.45) is 23.2 Å². The van der Waals surface area contributed by atoms with E-state index in [0.717, 1.165) is 35.3 Å². The average Bonchev–Trinajstić information content (AvgIpc) is 3.90. The number of aromatic carboxylic acids is 1. The number of amides is 1. The van der Waals surface area contributed by atoms with E-state index in [1.807, 2.05) is 45.0 Å². The minimum Gasteiger partial charge on any atom is -0.497 e. The summed E-state index contributed by atoms with van der Waals surface area (Å²) in [6.45, 7) is 11.9. The maximum atomic E-state index is 14.0. The van der Waals surface area contributed by atoms with Crippen LogP contribution in [-0.4, -0.2) is 112 Å². The SMILES string of the molecule is COc1ccc(S(=O)(=O)N(CC(C)C)C[C@@H](O)[C@H](Cc2ccc(OC[C@@H]3COCC[C@@H]3c3sc4c(c3C(=O)O)CC(C)(C)CC4)cc2)NC(=O)O[C@H]2CO[C@@]3(C)OCC[C@@H]23)cc1. The van der Waals surface area contributed by atoms with Gasteiger partial charge < -0.3 is 44.0 Å². The fourth-order valence-electron chi connectivity index (χ4n) is 9.35. The number of rotatable bonds is 17. The first-order chi connectivity index (χ1) is 29.5. The standard InChI is InChI=1S/C46H62N2O12S2/c1-28(2)23-48(62(53,54)33-13-11-31(55-6)12-14-33)24-38(49)37(47-44(52)60-39-27-59-46(5)36(39)17-20-58-46)21-29-7-9-32(10-8-29)57-26-30-25-56-19-16-34(30)42-41(43(50)51)35-22-45(3,4)18-15-40(35)61-42/h7-14,28,30,34,36-39,49H,15-27H2,1-6H3,(H,47,52)(H,50,51)/t30-,34-,36-,37-,38+,39-,46+/m0/s1. The van der Waals surface area contributed by atoms with Gasteiger partial charge in [0.05, 0.1) is 62.1 Å². The number of sulfonamides is 1. The summed E-state index contributed by atoms with van der Waals surface area (Å²) in [7, 11) is -2.55. The quantitative estimate of drug-likeness (QED) is 0.131. The van der Waals surface area contributed by atoms with Crippen molar-refractivity contribution in [1.82, 2.24) is 9.62 Å². The normalized spacial score (nSPS) is 25.5. The summed E-state index contributed by atoms with van der Waals surface area (Å²) in [6, 6.07) is 12.5. The molecule has 3 aromatic rings. The van der Waals surface area contributed by atoms with Crippen LogP contribution in [0.4, 0.5) is 4.79 Å². The number of benzene rings is 2. The van der Waals surface area contributed by atoms with Gasteiger partial charge in [-0.1, -0.05) is 39.8 Å². The molecule has 1 aromatic heterocycles. The van der Waals surface area contributed by atoms with Gasteiger partial charge in [0.1, 0.15) is 17.6 Å². The van der Waals surface area contributed by atoms with E-state index < -0.39 is 46.1 Å². The van der Waals surface area contributed by atoms with Crippen LogP contribution < -0.4 is 14.8 Å². The number of nitrogens with zero attached hydrogens (tertiary/aromatic N) is 1. The minimum absolute atomic E-state index is 0.00422. The third-order valence-corrected chi connectivity index (χ3v) is 16.1. The largest absolute Gasteiger partial charge is 0.497 e. The molecule has 0 unspecified atom stereocenters. The topological polar surface area (TPSA) is 179 Å². The van der Waals surface area contributed by atoms with Crippen molar-refractivity contribution in [2.75, 3.05) is 53.2 Å².